The second kappa shape index (κ2) is 8.80. The van der Waals surface area contributed by atoms with Crippen LogP contribution < -0.4 is 11.1 Å². The summed E-state index contributed by atoms with van der Waals surface area (Å²) in [7, 11) is -2.33. The standard InChI is InChI=1S/C19H26N2O5S.ClH/c1-26-19(23)14-8-15(10-16(9-14)27(2,24)25)21-18(22)13-6-11-4-3-5-12(7-13)17(11)20;/h8-13,17H,3-7,20H2,1-2H3,(H,21,22);1H. The quantitative estimate of drug-likeness (QED) is 0.708. The first kappa shape index (κ1) is 22.6. The zero-order valence-corrected chi connectivity index (χ0v) is 17.6. The van der Waals surface area contributed by atoms with Crippen LogP contribution in [-0.2, 0) is 19.4 Å². The van der Waals surface area contributed by atoms with E-state index < -0.39 is 15.8 Å². The van der Waals surface area contributed by atoms with Gasteiger partial charge in [0.1, 0.15) is 0 Å². The lowest BCUT2D eigenvalue weighted by Crippen LogP contribution is -2.48. The van der Waals surface area contributed by atoms with Crippen molar-refractivity contribution in [3.8, 4) is 0 Å². The van der Waals surface area contributed by atoms with Gasteiger partial charge in [-0.3, -0.25) is 4.79 Å². The Hall–Kier alpha value is -1.64. The van der Waals surface area contributed by atoms with Gasteiger partial charge in [-0.05, 0) is 55.7 Å². The molecule has 0 heterocycles. The molecule has 2 fully saturated rings. The lowest BCUT2D eigenvalue weighted by atomic mass is 9.65. The molecule has 1 aromatic carbocycles. The number of sulfone groups is 1. The van der Waals surface area contributed by atoms with Crippen LogP contribution in [0.15, 0.2) is 23.1 Å². The van der Waals surface area contributed by atoms with Gasteiger partial charge in [-0.1, -0.05) is 6.42 Å². The molecule has 0 aliphatic heterocycles. The highest BCUT2D eigenvalue weighted by Gasteiger charge is 2.40. The predicted molar refractivity (Wildman–Crippen MR) is 108 cm³/mol. The minimum absolute atomic E-state index is 0. The molecule has 7 nitrogen and oxygen atoms in total. The van der Waals surface area contributed by atoms with Gasteiger partial charge in [0.2, 0.25) is 5.91 Å². The molecule has 2 bridgehead atoms. The van der Waals surface area contributed by atoms with E-state index in [1.807, 2.05) is 0 Å². The van der Waals surface area contributed by atoms with Crippen LogP contribution in [0.1, 0.15) is 42.5 Å². The number of carbonyl (C=O) groups is 2. The van der Waals surface area contributed by atoms with Crippen molar-refractivity contribution >= 4 is 39.8 Å². The predicted octanol–water partition coefficient (Wildman–Crippen LogP) is 2.39. The monoisotopic (exact) mass is 430 g/mol. The van der Waals surface area contributed by atoms with Gasteiger partial charge in [0.15, 0.2) is 9.84 Å². The van der Waals surface area contributed by atoms with Crippen LogP contribution in [0.3, 0.4) is 0 Å². The third-order valence-electron chi connectivity index (χ3n) is 5.81. The minimum Gasteiger partial charge on any atom is -0.465 e. The number of ether oxygens (including phenoxy) is 1. The van der Waals surface area contributed by atoms with Crippen molar-refractivity contribution in [1.29, 1.82) is 0 Å². The molecule has 2 aliphatic carbocycles. The lowest BCUT2D eigenvalue weighted by molar-refractivity contribution is -0.122. The van der Waals surface area contributed by atoms with E-state index in [9.17, 15) is 18.0 Å². The fourth-order valence-corrected chi connectivity index (χ4v) is 5.05. The number of benzene rings is 1. The third-order valence-corrected chi connectivity index (χ3v) is 6.90. The van der Waals surface area contributed by atoms with E-state index in [0.29, 0.717) is 11.8 Å². The van der Waals surface area contributed by atoms with Crippen LogP contribution >= 0.6 is 12.4 Å². The van der Waals surface area contributed by atoms with Crippen LogP contribution in [0.2, 0.25) is 0 Å². The third kappa shape index (κ3) is 4.85. The van der Waals surface area contributed by atoms with Crippen LogP contribution in [0.25, 0.3) is 0 Å². The maximum Gasteiger partial charge on any atom is 0.337 e. The van der Waals surface area contributed by atoms with Crippen molar-refractivity contribution in [2.75, 3.05) is 18.7 Å². The van der Waals surface area contributed by atoms with E-state index >= 15 is 0 Å². The lowest BCUT2D eigenvalue weighted by Gasteiger charge is -2.43. The molecular formula is C19H27ClN2O5S. The first-order valence-electron chi connectivity index (χ1n) is 9.19. The molecule has 1 aromatic rings. The topological polar surface area (TPSA) is 116 Å². The fourth-order valence-electron chi connectivity index (χ4n) is 4.37. The van der Waals surface area contributed by atoms with Gasteiger partial charge < -0.3 is 15.8 Å². The van der Waals surface area contributed by atoms with E-state index in [1.165, 1.54) is 25.3 Å². The molecule has 2 unspecified atom stereocenters. The number of halogens is 1. The number of nitrogens with two attached hydrogens (primary N) is 1. The zero-order valence-electron chi connectivity index (χ0n) is 16.0. The number of methoxy groups -OCH3 is 1. The largest absolute Gasteiger partial charge is 0.465 e. The van der Waals surface area contributed by atoms with Crippen molar-refractivity contribution in [2.45, 2.75) is 43.0 Å². The number of hydrogen-bond donors (Lipinski definition) is 2. The average molecular weight is 431 g/mol. The van der Waals surface area contributed by atoms with Crippen LogP contribution in [-0.4, -0.2) is 39.7 Å². The molecule has 28 heavy (non-hydrogen) atoms. The second-order valence-corrected chi connectivity index (χ2v) is 9.71. The van der Waals surface area contributed by atoms with Gasteiger partial charge >= 0.3 is 5.97 Å². The van der Waals surface area contributed by atoms with Crippen molar-refractivity contribution in [3.63, 3.8) is 0 Å². The number of carbonyl (C=O) groups excluding carboxylic acids is 2. The molecule has 0 radical (unpaired) electrons. The van der Waals surface area contributed by atoms with E-state index in [-0.39, 0.29) is 46.4 Å². The maximum atomic E-state index is 12.8. The van der Waals surface area contributed by atoms with Gasteiger partial charge in [0.05, 0.1) is 17.6 Å². The van der Waals surface area contributed by atoms with Crippen LogP contribution in [0.4, 0.5) is 5.69 Å². The first-order chi connectivity index (χ1) is 12.7. The van der Waals surface area contributed by atoms with Gasteiger partial charge in [0, 0.05) is 23.9 Å². The Morgan fingerprint density at radius 2 is 1.75 bits per heavy atom. The highest BCUT2D eigenvalue weighted by molar-refractivity contribution is 7.90. The second-order valence-electron chi connectivity index (χ2n) is 7.70. The molecule has 3 N–H and O–H groups in total. The van der Waals surface area contributed by atoms with Crippen LogP contribution in [0, 0.1) is 17.8 Å². The summed E-state index contributed by atoms with van der Waals surface area (Å²) in [6.45, 7) is 0. The molecule has 156 valence electrons. The summed E-state index contributed by atoms with van der Waals surface area (Å²) in [5.74, 6) is -0.236. The minimum atomic E-state index is -3.55. The van der Waals surface area contributed by atoms with Gasteiger partial charge in [-0.25, -0.2) is 13.2 Å². The Labute approximate surface area is 171 Å². The Morgan fingerprint density at radius 3 is 2.29 bits per heavy atom. The van der Waals surface area contributed by atoms with E-state index in [2.05, 4.69) is 10.1 Å². The van der Waals surface area contributed by atoms with Gasteiger partial charge in [-0.2, -0.15) is 0 Å². The summed E-state index contributed by atoms with van der Waals surface area (Å²) < 4.78 is 28.5. The zero-order chi connectivity index (χ0) is 19.8. The number of amides is 1. The molecule has 3 rings (SSSR count). The fraction of sp³-hybridized carbons (Fsp3) is 0.579. The number of nitrogens with one attached hydrogen (secondary N) is 1. The molecule has 0 saturated heterocycles. The number of esters is 1. The van der Waals surface area contributed by atoms with Crippen molar-refractivity contribution in [3.05, 3.63) is 23.8 Å². The van der Waals surface area contributed by atoms with E-state index in [4.69, 9.17) is 5.73 Å². The smallest absolute Gasteiger partial charge is 0.337 e. The number of rotatable bonds is 4. The Balaban J connectivity index is 0.00000280. The molecule has 1 amide bonds. The Kier molecular flexibility index (Phi) is 7.12. The summed E-state index contributed by atoms with van der Waals surface area (Å²) in [4.78, 5) is 24.6. The Morgan fingerprint density at radius 1 is 1.14 bits per heavy atom. The van der Waals surface area contributed by atoms with Gasteiger partial charge in [0.25, 0.3) is 0 Å². The first-order valence-corrected chi connectivity index (χ1v) is 11.1. The summed E-state index contributed by atoms with van der Waals surface area (Å²) in [6.07, 6.45) is 5.82. The average Bonchev–Trinajstić information content (AvgIpc) is 2.59. The molecular weight excluding hydrogens is 404 g/mol. The van der Waals surface area contributed by atoms with Crippen molar-refractivity contribution < 1.29 is 22.7 Å². The van der Waals surface area contributed by atoms with Crippen molar-refractivity contribution in [1.82, 2.24) is 0 Å². The highest BCUT2D eigenvalue weighted by Crippen LogP contribution is 2.42. The Bertz CT molecular complexity index is 844. The van der Waals surface area contributed by atoms with E-state index in [1.54, 1.807) is 0 Å². The van der Waals surface area contributed by atoms with E-state index in [0.717, 1.165) is 38.4 Å². The molecule has 2 saturated carbocycles. The molecule has 9 heteroatoms. The molecule has 0 spiro atoms. The SMILES string of the molecule is COC(=O)c1cc(NC(=O)C2CC3CCCC(C2)C3N)cc(S(C)(=O)=O)c1.Cl. The number of fused-ring (bicyclic) bond motifs is 2. The highest BCUT2D eigenvalue weighted by atomic mass is 35.5. The summed E-state index contributed by atoms with van der Waals surface area (Å²) >= 11 is 0. The summed E-state index contributed by atoms with van der Waals surface area (Å²) in [5, 5.41) is 2.80. The molecule has 2 atom stereocenters. The van der Waals surface area contributed by atoms with Gasteiger partial charge in [-0.15, -0.1) is 12.4 Å². The molecule has 2 aliphatic rings. The summed E-state index contributed by atoms with van der Waals surface area (Å²) in [6, 6.07) is 4.23. The number of anilines is 1. The maximum absolute atomic E-state index is 12.8. The van der Waals surface area contributed by atoms with Crippen LogP contribution in [0.5, 0.6) is 0 Å². The summed E-state index contributed by atoms with van der Waals surface area (Å²) in [5.41, 5.74) is 6.65. The molecule has 0 aromatic heterocycles. The number of hydrogen-bond acceptors (Lipinski definition) is 6. The van der Waals surface area contributed by atoms with Crippen molar-refractivity contribution in [2.24, 2.45) is 23.5 Å². The normalized spacial score (nSPS) is 26.7.